The minimum Gasteiger partial charge on any atom is -0.462 e. The molecule has 0 N–H and O–H groups in total. The average molecular weight is 339 g/mol. The van der Waals surface area contributed by atoms with E-state index in [0.29, 0.717) is 6.21 Å². The van der Waals surface area contributed by atoms with Crippen molar-refractivity contribution in [1.82, 2.24) is 0 Å². The number of benzene rings is 1. The van der Waals surface area contributed by atoms with Crippen LogP contribution in [0.2, 0.25) is 0 Å². The minimum atomic E-state index is -4.00. The van der Waals surface area contributed by atoms with Crippen molar-refractivity contribution < 1.29 is 27.5 Å². The topological polar surface area (TPSA) is 99.1 Å². The third-order valence-corrected chi connectivity index (χ3v) is 4.61. The van der Waals surface area contributed by atoms with Gasteiger partial charge in [-0.3, -0.25) is 0 Å². The molecule has 0 aliphatic carbocycles. The number of ether oxygens (including phenoxy) is 2. The Morgan fingerprint density at radius 1 is 1.35 bits per heavy atom. The normalized spacial score (nSPS) is 20.5. The molecule has 1 aliphatic rings. The van der Waals surface area contributed by atoms with Crippen molar-refractivity contribution in [2.24, 2.45) is 9.81 Å². The average Bonchev–Trinajstić information content (AvgIpc) is 2.73. The Morgan fingerprint density at radius 3 is 2.48 bits per heavy atom. The molecule has 8 heteroatoms. The molecule has 1 heterocycles. The maximum atomic E-state index is 12.0. The second-order valence-corrected chi connectivity index (χ2v) is 7.57. The maximum Gasteiger partial charge on any atom is 0.351 e. The predicted molar refractivity (Wildman–Crippen MR) is 81.5 cm³/mol. The smallest absolute Gasteiger partial charge is 0.351 e. The van der Waals surface area contributed by atoms with Gasteiger partial charge in [0.1, 0.15) is 12.8 Å². The SMILES string of the molecule is Cc1ccc(S(=O)(=O)/N=C\C(=O)O[C@@H]2C(=O)OCC2(C)C)cc1. The molecule has 0 amide bonds. The van der Waals surface area contributed by atoms with E-state index in [0.717, 1.165) is 5.56 Å². The highest BCUT2D eigenvalue weighted by Gasteiger charge is 2.46. The molecule has 124 valence electrons. The Morgan fingerprint density at radius 2 is 1.96 bits per heavy atom. The van der Waals surface area contributed by atoms with Crippen LogP contribution in [0.15, 0.2) is 33.6 Å². The summed E-state index contributed by atoms with van der Waals surface area (Å²) < 4.78 is 37.0. The van der Waals surface area contributed by atoms with Crippen LogP contribution in [0.4, 0.5) is 0 Å². The quantitative estimate of drug-likeness (QED) is 0.605. The van der Waals surface area contributed by atoms with Gasteiger partial charge >= 0.3 is 11.9 Å². The molecular formula is C15H17NO6S. The first kappa shape index (κ1) is 17.1. The molecule has 23 heavy (non-hydrogen) atoms. The highest BCUT2D eigenvalue weighted by molar-refractivity contribution is 7.90. The lowest BCUT2D eigenvalue weighted by molar-refractivity contribution is -0.157. The van der Waals surface area contributed by atoms with Gasteiger partial charge < -0.3 is 9.47 Å². The van der Waals surface area contributed by atoms with Crippen LogP contribution in [0.3, 0.4) is 0 Å². The highest BCUT2D eigenvalue weighted by Crippen LogP contribution is 2.30. The lowest BCUT2D eigenvalue weighted by Gasteiger charge is -2.20. The van der Waals surface area contributed by atoms with E-state index in [9.17, 15) is 18.0 Å². The van der Waals surface area contributed by atoms with Gasteiger partial charge in [-0.2, -0.15) is 12.8 Å². The van der Waals surface area contributed by atoms with E-state index < -0.39 is 33.5 Å². The Labute approximate surface area is 134 Å². The van der Waals surface area contributed by atoms with E-state index in [4.69, 9.17) is 9.47 Å². The number of carbonyl (C=O) groups is 2. The molecule has 1 saturated heterocycles. The summed E-state index contributed by atoms with van der Waals surface area (Å²) in [6.07, 6.45) is -0.528. The van der Waals surface area contributed by atoms with Crippen LogP contribution in [0, 0.1) is 12.3 Å². The van der Waals surface area contributed by atoms with Crippen LogP contribution in [0.25, 0.3) is 0 Å². The van der Waals surface area contributed by atoms with E-state index in [-0.39, 0.29) is 11.5 Å². The summed E-state index contributed by atoms with van der Waals surface area (Å²) >= 11 is 0. The van der Waals surface area contributed by atoms with Crippen molar-refractivity contribution in [3.63, 3.8) is 0 Å². The zero-order chi connectivity index (χ0) is 17.3. The second-order valence-electron chi connectivity index (χ2n) is 5.94. The van der Waals surface area contributed by atoms with Gasteiger partial charge in [0.25, 0.3) is 10.0 Å². The largest absolute Gasteiger partial charge is 0.462 e. The third-order valence-electron chi connectivity index (χ3n) is 3.36. The molecule has 1 fully saturated rings. The van der Waals surface area contributed by atoms with Crippen molar-refractivity contribution in [1.29, 1.82) is 0 Å². The first-order chi connectivity index (χ1) is 10.6. The molecule has 0 radical (unpaired) electrons. The number of hydrogen-bond donors (Lipinski definition) is 0. The summed E-state index contributed by atoms with van der Waals surface area (Å²) in [6.45, 7) is 5.36. The maximum absolute atomic E-state index is 12.0. The zero-order valence-corrected chi connectivity index (χ0v) is 13.8. The fraction of sp³-hybridized carbons (Fsp3) is 0.400. The molecule has 0 bridgehead atoms. The van der Waals surface area contributed by atoms with Gasteiger partial charge in [-0.15, -0.1) is 0 Å². The van der Waals surface area contributed by atoms with Crippen molar-refractivity contribution >= 4 is 28.2 Å². The number of aryl methyl sites for hydroxylation is 1. The molecule has 0 aromatic heterocycles. The number of rotatable bonds is 4. The molecular weight excluding hydrogens is 322 g/mol. The number of carbonyl (C=O) groups excluding carboxylic acids is 2. The second kappa shape index (κ2) is 6.11. The molecule has 0 unspecified atom stereocenters. The number of nitrogens with zero attached hydrogens (tertiary/aromatic N) is 1. The monoisotopic (exact) mass is 339 g/mol. The summed E-state index contributed by atoms with van der Waals surface area (Å²) in [4.78, 5) is 23.2. The van der Waals surface area contributed by atoms with Crippen LogP contribution < -0.4 is 0 Å². The van der Waals surface area contributed by atoms with E-state index >= 15 is 0 Å². The summed E-state index contributed by atoms with van der Waals surface area (Å²) in [5, 5.41) is 0. The van der Waals surface area contributed by atoms with Gasteiger partial charge in [0.15, 0.2) is 0 Å². The van der Waals surface area contributed by atoms with Crippen LogP contribution >= 0.6 is 0 Å². The lowest BCUT2D eigenvalue weighted by atomic mass is 9.90. The fourth-order valence-corrected chi connectivity index (χ4v) is 2.79. The van der Waals surface area contributed by atoms with E-state index in [1.54, 1.807) is 26.0 Å². The minimum absolute atomic E-state index is 0.0345. The molecule has 1 atom stereocenters. The van der Waals surface area contributed by atoms with Crippen molar-refractivity contribution in [3.8, 4) is 0 Å². The molecule has 0 saturated carbocycles. The van der Waals surface area contributed by atoms with Crippen molar-refractivity contribution in [2.45, 2.75) is 31.8 Å². The predicted octanol–water partition coefficient (Wildman–Crippen LogP) is 1.25. The molecule has 0 spiro atoms. The third kappa shape index (κ3) is 3.95. The Hall–Kier alpha value is -2.22. The zero-order valence-electron chi connectivity index (χ0n) is 13.0. The van der Waals surface area contributed by atoms with Gasteiger partial charge in [-0.25, -0.2) is 9.59 Å². The van der Waals surface area contributed by atoms with E-state index in [1.165, 1.54) is 12.1 Å². The van der Waals surface area contributed by atoms with E-state index in [1.807, 2.05) is 6.92 Å². The Bertz CT molecular complexity index is 749. The molecule has 7 nitrogen and oxygen atoms in total. The Kier molecular flexibility index (Phi) is 4.56. The van der Waals surface area contributed by atoms with Gasteiger partial charge in [0.2, 0.25) is 6.10 Å². The summed E-state index contributed by atoms with van der Waals surface area (Å²) in [6, 6.07) is 6.03. The number of hydrogen-bond acceptors (Lipinski definition) is 6. The van der Waals surface area contributed by atoms with Crippen LogP contribution in [-0.2, 0) is 29.1 Å². The number of sulfonamides is 1. The lowest BCUT2D eigenvalue weighted by Crippen LogP contribution is -2.35. The summed E-state index contributed by atoms with van der Waals surface area (Å²) in [5.41, 5.74) is 0.227. The molecule has 1 aromatic carbocycles. The standard InChI is InChI=1S/C15H17NO6S/c1-10-4-6-11(7-5-10)23(19,20)16-8-12(17)22-13-14(18)21-9-15(13,2)3/h4-8,13H,9H2,1-3H3/b16-8-/t13-/m1/s1. The number of esters is 2. The van der Waals surface area contributed by atoms with Gasteiger partial charge in [0, 0.05) is 5.41 Å². The van der Waals surface area contributed by atoms with Crippen LogP contribution in [0.1, 0.15) is 19.4 Å². The fourth-order valence-electron chi connectivity index (χ4n) is 1.97. The first-order valence-corrected chi connectivity index (χ1v) is 8.30. The molecule has 2 rings (SSSR count). The Balaban J connectivity index is 2.09. The van der Waals surface area contributed by atoms with Gasteiger partial charge in [0.05, 0.1) is 4.90 Å². The van der Waals surface area contributed by atoms with Crippen molar-refractivity contribution in [2.75, 3.05) is 6.61 Å². The summed E-state index contributed by atoms with van der Waals surface area (Å²) in [7, 11) is -4.00. The van der Waals surface area contributed by atoms with Crippen LogP contribution in [0.5, 0.6) is 0 Å². The molecule has 1 aliphatic heterocycles. The van der Waals surface area contributed by atoms with E-state index in [2.05, 4.69) is 4.40 Å². The van der Waals surface area contributed by atoms with Crippen molar-refractivity contribution in [3.05, 3.63) is 29.8 Å². The van der Waals surface area contributed by atoms with Gasteiger partial charge in [-0.05, 0) is 19.1 Å². The first-order valence-electron chi connectivity index (χ1n) is 6.86. The molecule has 1 aromatic rings. The number of cyclic esters (lactones) is 1. The van der Waals surface area contributed by atoms with Gasteiger partial charge in [-0.1, -0.05) is 31.5 Å². The summed E-state index contributed by atoms with van der Waals surface area (Å²) in [5.74, 6) is -1.67. The highest BCUT2D eigenvalue weighted by atomic mass is 32.2. The van der Waals surface area contributed by atoms with Crippen LogP contribution in [-0.4, -0.2) is 39.3 Å².